The Morgan fingerprint density at radius 3 is 2.62 bits per heavy atom. The molecule has 0 aliphatic heterocycles. The predicted octanol–water partition coefficient (Wildman–Crippen LogP) is 6.49. The van der Waals surface area contributed by atoms with Gasteiger partial charge in [0, 0.05) is 27.1 Å². The smallest absolute Gasteiger partial charge is 0.143 e. The Hall–Kier alpha value is -2.48. The first-order valence-electron chi connectivity index (χ1n) is 8.76. The lowest BCUT2D eigenvalue weighted by Gasteiger charge is -2.11. The van der Waals surface area contributed by atoms with E-state index in [1.807, 2.05) is 18.2 Å². The highest BCUT2D eigenvalue weighted by atomic mass is 16.3. The Labute approximate surface area is 141 Å². The molecule has 0 atom stereocenters. The Kier molecular flexibility index (Phi) is 3.68. The van der Waals surface area contributed by atoms with Gasteiger partial charge in [-0.05, 0) is 31.9 Å². The van der Waals surface area contributed by atoms with E-state index in [4.69, 9.17) is 4.42 Å². The van der Waals surface area contributed by atoms with Crippen LogP contribution in [-0.4, -0.2) is 5.11 Å². The zero-order valence-electron chi connectivity index (χ0n) is 14.2. The fourth-order valence-electron chi connectivity index (χ4n) is 3.66. The van der Waals surface area contributed by atoms with Crippen molar-refractivity contribution in [1.82, 2.24) is 0 Å². The number of aryl methyl sites for hydroxylation is 2. The topological polar surface area (TPSA) is 33.4 Å². The highest BCUT2D eigenvalue weighted by molar-refractivity contribution is 6.18. The number of phenols is 1. The highest BCUT2D eigenvalue weighted by Crippen LogP contribution is 2.43. The van der Waals surface area contributed by atoms with Gasteiger partial charge in [-0.3, -0.25) is 0 Å². The van der Waals surface area contributed by atoms with Crippen LogP contribution in [-0.2, 0) is 6.42 Å². The van der Waals surface area contributed by atoms with Crippen molar-refractivity contribution in [3.05, 3.63) is 53.6 Å². The number of furan rings is 1. The van der Waals surface area contributed by atoms with Crippen LogP contribution >= 0.6 is 0 Å². The Balaban J connectivity index is 2.12. The van der Waals surface area contributed by atoms with Gasteiger partial charge >= 0.3 is 0 Å². The quantitative estimate of drug-likeness (QED) is 0.436. The monoisotopic (exact) mass is 318 g/mol. The van der Waals surface area contributed by atoms with Crippen LogP contribution in [0.15, 0.2) is 46.9 Å². The maximum absolute atomic E-state index is 11.0. The summed E-state index contributed by atoms with van der Waals surface area (Å²) in [6.45, 7) is 4.25. The molecule has 2 heteroatoms. The van der Waals surface area contributed by atoms with E-state index in [9.17, 15) is 5.11 Å². The molecule has 4 aromatic rings. The molecule has 1 aromatic heterocycles. The SMILES string of the molecule is CCCCCc1c(O)c2cc(C)ccc2c2oc3ccccc3c12. The van der Waals surface area contributed by atoms with Crippen LogP contribution in [0.3, 0.4) is 0 Å². The summed E-state index contributed by atoms with van der Waals surface area (Å²) in [4.78, 5) is 0. The summed E-state index contributed by atoms with van der Waals surface area (Å²) >= 11 is 0. The fraction of sp³-hybridized carbons (Fsp3) is 0.273. The van der Waals surface area contributed by atoms with E-state index < -0.39 is 0 Å². The van der Waals surface area contributed by atoms with Crippen molar-refractivity contribution in [2.45, 2.75) is 39.5 Å². The van der Waals surface area contributed by atoms with Crippen LogP contribution in [0.25, 0.3) is 32.7 Å². The zero-order chi connectivity index (χ0) is 16.7. The van der Waals surface area contributed by atoms with Crippen LogP contribution < -0.4 is 0 Å². The van der Waals surface area contributed by atoms with E-state index in [1.54, 1.807) is 0 Å². The summed E-state index contributed by atoms with van der Waals surface area (Å²) in [6.07, 6.45) is 4.30. The van der Waals surface area contributed by atoms with Crippen molar-refractivity contribution in [3.63, 3.8) is 0 Å². The molecule has 3 aromatic carbocycles. The molecule has 122 valence electrons. The Bertz CT molecular complexity index is 1040. The van der Waals surface area contributed by atoms with E-state index in [0.29, 0.717) is 5.75 Å². The van der Waals surface area contributed by atoms with Crippen LogP contribution in [0, 0.1) is 6.92 Å². The average molecular weight is 318 g/mol. The van der Waals surface area contributed by atoms with Gasteiger partial charge < -0.3 is 9.52 Å². The molecule has 0 bridgehead atoms. The van der Waals surface area contributed by atoms with E-state index in [-0.39, 0.29) is 0 Å². The summed E-state index contributed by atoms with van der Waals surface area (Å²) in [5.41, 5.74) is 3.96. The largest absolute Gasteiger partial charge is 0.507 e. The molecular weight excluding hydrogens is 296 g/mol. The van der Waals surface area contributed by atoms with Crippen molar-refractivity contribution >= 4 is 32.7 Å². The van der Waals surface area contributed by atoms with Gasteiger partial charge in [-0.2, -0.15) is 0 Å². The number of hydrogen-bond acceptors (Lipinski definition) is 2. The van der Waals surface area contributed by atoms with Crippen LogP contribution in [0.1, 0.15) is 37.3 Å². The number of fused-ring (bicyclic) bond motifs is 5. The third-order valence-electron chi connectivity index (χ3n) is 4.89. The molecule has 0 saturated heterocycles. The van der Waals surface area contributed by atoms with Crippen LogP contribution in [0.2, 0.25) is 0 Å². The molecule has 0 saturated carbocycles. The second-order valence-corrected chi connectivity index (χ2v) is 6.64. The average Bonchev–Trinajstić information content (AvgIpc) is 2.97. The van der Waals surface area contributed by atoms with Gasteiger partial charge in [0.1, 0.15) is 16.9 Å². The minimum atomic E-state index is 0.420. The van der Waals surface area contributed by atoms with E-state index in [0.717, 1.165) is 56.7 Å². The molecule has 4 rings (SSSR count). The van der Waals surface area contributed by atoms with Crippen LogP contribution in [0.4, 0.5) is 0 Å². The molecule has 0 spiro atoms. The normalized spacial score (nSPS) is 11.8. The number of phenolic OH excluding ortho intramolecular Hbond substituents is 1. The molecule has 0 fully saturated rings. The maximum atomic E-state index is 11.0. The molecule has 0 aliphatic rings. The lowest BCUT2D eigenvalue weighted by Crippen LogP contribution is -1.91. The highest BCUT2D eigenvalue weighted by Gasteiger charge is 2.19. The van der Waals surface area contributed by atoms with Gasteiger partial charge in [0.2, 0.25) is 0 Å². The standard InChI is InChI=1S/C22H22O2/c1-3-4-5-9-17-20-16-8-6-7-10-19(16)24-22(20)15-12-11-14(2)13-18(15)21(17)23/h6-8,10-13,23H,3-5,9H2,1-2H3. The number of hydrogen-bond donors (Lipinski definition) is 1. The fourth-order valence-corrected chi connectivity index (χ4v) is 3.66. The lowest BCUT2D eigenvalue weighted by atomic mass is 9.94. The number of aromatic hydroxyl groups is 1. The minimum Gasteiger partial charge on any atom is -0.507 e. The summed E-state index contributed by atoms with van der Waals surface area (Å²) in [5.74, 6) is 0.420. The van der Waals surface area contributed by atoms with Gasteiger partial charge in [-0.15, -0.1) is 0 Å². The minimum absolute atomic E-state index is 0.420. The van der Waals surface area contributed by atoms with Crippen molar-refractivity contribution < 1.29 is 9.52 Å². The lowest BCUT2D eigenvalue weighted by molar-refractivity contribution is 0.474. The molecular formula is C22H22O2. The molecule has 1 heterocycles. The Morgan fingerprint density at radius 2 is 1.79 bits per heavy atom. The molecule has 0 radical (unpaired) electrons. The van der Waals surface area contributed by atoms with Crippen molar-refractivity contribution in [2.75, 3.05) is 0 Å². The first kappa shape index (κ1) is 15.1. The number of para-hydroxylation sites is 1. The predicted molar refractivity (Wildman–Crippen MR) is 101 cm³/mol. The van der Waals surface area contributed by atoms with Gasteiger partial charge in [0.05, 0.1) is 0 Å². The van der Waals surface area contributed by atoms with Gasteiger partial charge in [0.25, 0.3) is 0 Å². The van der Waals surface area contributed by atoms with Crippen molar-refractivity contribution in [1.29, 1.82) is 0 Å². The number of rotatable bonds is 4. The summed E-state index contributed by atoms with van der Waals surface area (Å²) in [6, 6.07) is 14.3. The first-order chi connectivity index (χ1) is 11.7. The third-order valence-corrected chi connectivity index (χ3v) is 4.89. The molecule has 0 aliphatic carbocycles. The van der Waals surface area contributed by atoms with Crippen molar-refractivity contribution in [2.24, 2.45) is 0 Å². The molecule has 1 N–H and O–H groups in total. The second-order valence-electron chi connectivity index (χ2n) is 6.64. The summed E-state index contributed by atoms with van der Waals surface area (Å²) < 4.78 is 6.20. The Morgan fingerprint density at radius 1 is 0.958 bits per heavy atom. The molecule has 2 nitrogen and oxygen atoms in total. The summed E-state index contributed by atoms with van der Waals surface area (Å²) in [7, 11) is 0. The van der Waals surface area contributed by atoms with Gasteiger partial charge in [-0.25, -0.2) is 0 Å². The zero-order valence-corrected chi connectivity index (χ0v) is 14.2. The van der Waals surface area contributed by atoms with Crippen LogP contribution in [0.5, 0.6) is 5.75 Å². The first-order valence-corrected chi connectivity index (χ1v) is 8.76. The van der Waals surface area contributed by atoms with E-state index in [1.165, 1.54) is 12.8 Å². The van der Waals surface area contributed by atoms with Gasteiger partial charge in [-0.1, -0.05) is 55.7 Å². The molecule has 0 unspecified atom stereocenters. The third kappa shape index (κ3) is 2.25. The molecule has 0 amide bonds. The van der Waals surface area contributed by atoms with Gasteiger partial charge in [0.15, 0.2) is 0 Å². The van der Waals surface area contributed by atoms with E-state index in [2.05, 4.69) is 38.1 Å². The maximum Gasteiger partial charge on any atom is 0.143 e. The number of unbranched alkanes of at least 4 members (excludes halogenated alkanes) is 2. The summed E-state index contributed by atoms with van der Waals surface area (Å²) in [5, 5.41) is 15.1. The number of benzene rings is 3. The second kappa shape index (κ2) is 5.86. The molecule has 24 heavy (non-hydrogen) atoms. The van der Waals surface area contributed by atoms with Crippen molar-refractivity contribution in [3.8, 4) is 5.75 Å². The van der Waals surface area contributed by atoms with E-state index >= 15 is 0 Å².